The number of carbonyl (C=O) groups is 3. The van der Waals surface area contributed by atoms with Crippen LogP contribution in [0.1, 0.15) is 134 Å². The fourth-order valence-corrected chi connectivity index (χ4v) is 7.23. The zero-order chi connectivity index (χ0) is 49.9. The molecule has 370 valence electrons. The Hall–Kier alpha value is -7.22. The molecule has 4 rings (SSSR count). The second kappa shape index (κ2) is 33.3. The van der Waals surface area contributed by atoms with Gasteiger partial charge in [0.05, 0.1) is 61.0 Å². The van der Waals surface area contributed by atoms with Crippen LogP contribution in [-0.2, 0) is 28.6 Å². The first-order valence-electron chi connectivity index (χ1n) is 24.6. The van der Waals surface area contributed by atoms with E-state index in [0.717, 1.165) is 113 Å². The number of unbranched alkanes of at least 4 members (excludes halogenated alkanes) is 14. The number of ether oxygens (including phenoxy) is 5. The maximum absolute atomic E-state index is 13.1. The predicted octanol–water partition coefficient (Wildman–Crippen LogP) is 13.9. The third-order valence-electron chi connectivity index (χ3n) is 11.5. The Kier molecular flexibility index (Phi) is 26.3. The summed E-state index contributed by atoms with van der Waals surface area (Å²) in [6.45, 7) is 2.03. The Balaban J connectivity index is 0.987. The first kappa shape index (κ1) is 55.4. The summed E-state index contributed by atoms with van der Waals surface area (Å²) in [7, 11) is 0. The second-order valence-corrected chi connectivity index (χ2v) is 17.4. The summed E-state index contributed by atoms with van der Waals surface area (Å²) in [5.41, 5.74) is 11.9. The van der Waals surface area contributed by atoms with Crippen LogP contribution in [-0.4, -0.2) is 57.5 Å². The lowest BCUT2D eigenvalue weighted by Crippen LogP contribution is -2.40. The maximum atomic E-state index is 13.1. The lowest BCUT2D eigenvalue weighted by Gasteiger charge is -2.26. The molecule has 70 heavy (non-hydrogen) atoms. The van der Waals surface area contributed by atoms with E-state index in [-0.39, 0.29) is 39.2 Å². The van der Waals surface area contributed by atoms with Crippen LogP contribution in [0.15, 0.2) is 112 Å². The van der Waals surface area contributed by atoms with Gasteiger partial charge in [-0.2, -0.15) is 20.8 Å². The smallest absolute Gasteiger partial charge is 0.318 e. The van der Waals surface area contributed by atoms with Gasteiger partial charge in [-0.1, -0.05) is 106 Å². The summed E-state index contributed by atoms with van der Waals surface area (Å²) in [5.74, 6) is 0.0532. The van der Waals surface area contributed by atoms with Crippen LogP contribution < -0.4 is 9.47 Å². The molecule has 0 saturated heterocycles. The zero-order valence-electron chi connectivity index (χ0n) is 40.6. The van der Waals surface area contributed by atoms with E-state index in [9.17, 15) is 14.4 Å². The molecule has 0 aliphatic heterocycles. The average molecular weight is 954 g/mol. The third-order valence-corrected chi connectivity index (χ3v) is 11.5. The van der Waals surface area contributed by atoms with Gasteiger partial charge in [-0.25, -0.2) is 0 Å². The van der Waals surface area contributed by atoms with E-state index < -0.39 is 23.3 Å². The summed E-state index contributed by atoms with van der Waals surface area (Å²) >= 11 is 0. The third kappa shape index (κ3) is 22.7. The Bertz CT molecular complexity index is 2320. The minimum Gasteiger partial charge on any atom is -0.494 e. The van der Waals surface area contributed by atoms with Crippen molar-refractivity contribution in [2.24, 2.45) is 20.8 Å². The van der Waals surface area contributed by atoms with Gasteiger partial charge >= 0.3 is 17.9 Å². The summed E-state index contributed by atoms with van der Waals surface area (Å²) in [6, 6.07) is 34.1. The van der Waals surface area contributed by atoms with E-state index in [1.54, 1.807) is 24.3 Å². The Labute approximate surface area is 412 Å². The van der Waals surface area contributed by atoms with Gasteiger partial charge in [-0.05, 0) is 122 Å². The van der Waals surface area contributed by atoms with Crippen molar-refractivity contribution in [3.05, 3.63) is 119 Å². The molecule has 4 aromatic carbocycles. The number of azo groups is 1. The molecule has 4 aromatic rings. The van der Waals surface area contributed by atoms with Gasteiger partial charge in [-0.15, -0.1) is 0 Å². The lowest BCUT2D eigenvalue weighted by atomic mass is 9.93. The van der Waals surface area contributed by atoms with Crippen LogP contribution in [0.2, 0.25) is 0 Å². The normalized spacial score (nSPS) is 11.6. The fraction of sp³-hybridized carbons (Fsp3) is 0.473. The molecule has 0 saturated carbocycles. The highest BCUT2D eigenvalue weighted by molar-refractivity contribution is 5.78. The monoisotopic (exact) mass is 954 g/mol. The first-order chi connectivity index (χ1) is 34.2. The van der Waals surface area contributed by atoms with Crippen molar-refractivity contribution in [1.29, 1.82) is 10.5 Å². The summed E-state index contributed by atoms with van der Waals surface area (Å²) in [5, 5.41) is 29.7. The number of hydrogen-bond donors (Lipinski definition) is 0. The van der Waals surface area contributed by atoms with Gasteiger partial charge in [0, 0.05) is 17.8 Å². The summed E-state index contributed by atoms with van der Waals surface area (Å²) < 4.78 is 28.1. The van der Waals surface area contributed by atoms with Crippen molar-refractivity contribution in [2.75, 3.05) is 39.6 Å². The molecule has 1 atom stereocenters. The Morgan fingerprint density at radius 3 is 1.31 bits per heavy atom. The Morgan fingerprint density at radius 2 is 0.886 bits per heavy atom. The molecule has 1 unspecified atom stereocenters. The van der Waals surface area contributed by atoms with E-state index in [1.165, 1.54) is 6.92 Å². The minimum absolute atomic E-state index is 0.0474. The molecule has 0 fully saturated rings. The van der Waals surface area contributed by atoms with Crippen molar-refractivity contribution in [2.45, 2.75) is 122 Å². The van der Waals surface area contributed by atoms with Crippen LogP contribution >= 0.6 is 0 Å². The molecular weight excluding hydrogens is 887 g/mol. The molecule has 0 radical (unpaired) electrons. The largest absolute Gasteiger partial charge is 0.494 e. The van der Waals surface area contributed by atoms with Crippen molar-refractivity contribution in [3.8, 4) is 34.8 Å². The van der Waals surface area contributed by atoms with Crippen molar-refractivity contribution < 1.29 is 38.1 Å². The van der Waals surface area contributed by atoms with Crippen molar-refractivity contribution in [1.82, 2.24) is 0 Å². The van der Waals surface area contributed by atoms with Crippen molar-refractivity contribution in [3.63, 3.8) is 0 Å². The topological polar surface area (TPSA) is 218 Å². The molecule has 0 amide bonds. The van der Waals surface area contributed by atoms with Gasteiger partial charge < -0.3 is 23.7 Å². The highest BCUT2D eigenvalue weighted by atomic mass is 16.6. The van der Waals surface area contributed by atoms with E-state index in [4.69, 9.17) is 39.7 Å². The summed E-state index contributed by atoms with van der Waals surface area (Å²) in [6.07, 6.45) is 16.2. The Morgan fingerprint density at radius 1 is 0.514 bits per heavy atom. The van der Waals surface area contributed by atoms with E-state index in [1.807, 2.05) is 72.8 Å². The SMILES string of the molecule is CC(COC(=O)CCCCCCCCCCOc1ccc(N=Nc2ccc(C#N)cc2)cc1)(COC(=O)CCCCCCCCCCOc1ccc(-c2ccc(C#N)cc2)cc1)C(=O)OCCN=[N+]=[N-]. The lowest BCUT2D eigenvalue weighted by molar-refractivity contribution is -0.170. The predicted molar refractivity (Wildman–Crippen MR) is 267 cm³/mol. The molecule has 0 spiro atoms. The summed E-state index contributed by atoms with van der Waals surface area (Å²) in [4.78, 5) is 41.0. The number of esters is 3. The molecule has 0 N–H and O–H groups in total. The second-order valence-electron chi connectivity index (χ2n) is 17.4. The number of carbonyl (C=O) groups excluding carboxylic acids is 3. The van der Waals surface area contributed by atoms with E-state index in [2.05, 4.69) is 32.4 Å². The molecule has 15 heteroatoms. The van der Waals surface area contributed by atoms with E-state index in [0.29, 0.717) is 48.6 Å². The molecule has 0 bridgehead atoms. The van der Waals surface area contributed by atoms with Gasteiger partial charge in [0.25, 0.3) is 0 Å². The van der Waals surface area contributed by atoms with Crippen LogP contribution in [0.3, 0.4) is 0 Å². The standard InChI is InChI=1S/C55H67N7O8/c1-55(54(65)68-39-36-59-62-58,42-69-52(63)18-14-10-6-2-4-8-12-16-37-66-50-32-26-47(27-33-50)46-24-20-44(40-56)21-25-46)43-70-53(64)19-15-11-7-3-5-9-13-17-38-67-51-34-30-49(31-35-51)61-60-48-28-22-45(41-57)23-29-48/h20-35H,2-19,36-39,42-43H2,1H3. The minimum atomic E-state index is -1.41. The van der Waals surface area contributed by atoms with Crippen LogP contribution in [0, 0.1) is 28.1 Å². The number of hydrogen-bond acceptors (Lipinski definition) is 13. The van der Waals surface area contributed by atoms with Crippen LogP contribution in [0.25, 0.3) is 21.6 Å². The molecule has 0 aliphatic carbocycles. The fourth-order valence-electron chi connectivity index (χ4n) is 7.23. The quantitative estimate of drug-likeness (QED) is 0.0106. The number of azide groups is 1. The number of rotatable bonds is 35. The molecule has 0 heterocycles. The highest BCUT2D eigenvalue weighted by Crippen LogP contribution is 2.25. The van der Waals surface area contributed by atoms with Crippen LogP contribution in [0.4, 0.5) is 11.4 Å². The zero-order valence-corrected chi connectivity index (χ0v) is 40.6. The van der Waals surface area contributed by atoms with E-state index >= 15 is 0 Å². The van der Waals surface area contributed by atoms with Gasteiger partial charge in [-0.3, -0.25) is 14.4 Å². The van der Waals surface area contributed by atoms with Gasteiger partial charge in [0.15, 0.2) is 0 Å². The number of nitriles is 2. The van der Waals surface area contributed by atoms with Crippen molar-refractivity contribution >= 4 is 29.3 Å². The maximum Gasteiger partial charge on any atom is 0.318 e. The number of benzene rings is 4. The molecular formula is C55H67N7O8. The highest BCUT2D eigenvalue weighted by Gasteiger charge is 2.38. The van der Waals surface area contributed by atoms with Crippen LogP contribution in [0.5, 0.6) is 11.5 Å². The average Bonchev–Trinajstić information content (AvgIpc) is 3.39. The van der Waals surface area contributed by atoms with Gasteiger partial charge in [0.2, 0.25) is 0 Å². The first-order valence-corrected chi connectivity index (χ1v) is 24.6. The molecule has 0 aromatic heterocycles. The molecule has 15 nitrogen and oxygen atoms in total. The van der Waals surface area contributed by atoms with Gasteiger partial charge in [0.1, 0.15) is 30.1 Å². The molecule has 0 aliphatic rings. The number of nitrogens with zero attached hydrogens (tertiary/aromatic N) is 7.